The van der Waals surface area contributed by atoms with Crippen LogP contribution in [-0.2, 0) is 10.0 Å². The summed E-state index contributed by atoms with van der Waals surface area (Å²) in [6.45, 7) is 0.507. The van der Waals surface area contributed by atoms with Gasteiger partial charge < -0.3 is 4.90 Å². The van der Waals surface area contributed by atoms with Gasteiger partial charge in [0.15, 0.2) is 0 Å². The van der Waals surface area contributed by atoms with Gasteiger partial charge in [0, 0.05) is 45.1 Å². The standard InChI is InChI=1S/C21H19Cl2N5O3S2/c1-27(2)21(29)15-4-3-14(11-16(15)22)20-26-25-19(32-20)13-6-9-28(10-7-13)33(30,31)18-5-8-24-12-17(18)23/h3-6,8,11-12H,7,9-10H2,1-2H3. The van der Waals surface area contributed by atoms with Crippen LogP contribution in [0.4, 0.5) is 0 Å². The van der Waals surface area contributed by atoms with Gasteiger partial charge in [0.1, 0.15) is 14.9 Å². The Balaban J connectivity index is 1.52. The second-order valence-corrected chi connectivity index (χ2v) is 11.2. The van der Waals surface area contributed by atoms with Crippen molar-refractivity contribution in [3.05, 3.63) is 63.4 Å². The Bertz CT molecular complexity index is 1360. The number of hydrogen-bond donors (Lipinski definition) is 0. The van der Waals surface area contributed by atoms with Crippen molar-refractivity contribution < 1.29 is 13.2 Å². The second kappa shape index (κ2) is 9.47. The van der Waals surface area contributed by atoms with Crippen molar-refractivity contribution in [1.29, 1.82) is 0 Å². The van der Waals surface area contributed by atoms with Crippen LogP contribution in [0, 0.1) is 0 Å². The quantitative estimate of drug-likeness (QED) is 0.499. The van der Waals surface area contributed by atoms with Crippen LogP contribution in [0.1, 0.15) is 21.8 Å². The Morgan fingerprint density at radius 3 is 2.52 bits per heavy atom. The molecular formula is C21H19Cl2N5O3S2. The fourth-order valence-electron chi connectivity index (χ4n) is 3.31. The van der Waals surface area contributed by atoms with Gasteiger partial charge >= 0.3 is 0 Å². The lowest BCUT2D eigenvalue weighted by Gasteiger charge is -2.25. The molecule has 0 bridgehead atoms. The third kappa shape index (κ3) is 4.80. The lowest BCUT2D eigenvalue weighted by Crippen LogP contribution is -2.34. The van der Waals surface area contributed by atoms with Crippen molar-refractivity contribution in [2.75, 3.05) is 27.2 Å². The van der Waals surface area contributed by atoms with E-state index in [1.165, 1.54) is 39.0 Å². The molecule has 3 aromatic rings. The van der Waals surface area contributed by atoms with Crippen molar-refractivity contribution in [2.24, 2.45) is 0 Å². The third-order valence-electron chi connectivity index (χ3n) is 5.08. The highest BCUT2D eigenvalue weighted by Gasteiger charge is 2.29. The molecule has 0 unspecified atom stereocenters. The van der Waals surface area contributed by atoms with Crippen molar-refractivity contribution in [3.8, 4) is 10.6 Å². The largest absolute Gasteiger partial charge is 0.345 e. The van der Waals surface area contributed by atoms with E-state index in [1.807, 2.05) is 6.08 Å². The average molecular weight is 524 g/mol. The molecule has 0 aliphatic carbocycles. The van der Waals surface area contributed by atoms with Crippen LogP contribution in [0.25, 0.3) is 16.1 Å². The first-order valence-electron chi connectivity index (χ1n) is 9.82. The van der Waals surface area contributed by atoms with Crippen molar-refractivity contribution in [1.82, 2.24) is 24.4 Å². The van der Waals surface area contributed by atoms with E-state index in [-0.39, 0.29) is 22.4 Å². The van der Waals surface area contributed by atoms with Gasteiger partial charge in [-0.05, 0) is 30.2 Å². The molecule has 12 heteroatoms. The summed E-state index contributed by atoms with van der Waals surface area (Å²) >= 11 is 13.7. The Kier molecular flexibility index (Phi) is 6.83. The number of hydrogen-bond acceptors (Lipinski definition) is 7. The number of aromatic nitrogens is 3. The molecule has 0 radical (unpaired) electrons. The first-order valence-corrected chi connectivity index (χ1v) is 12.8. The van der Waals surface area contributed by atoms with Crippen LogP contribution >= 0.6 is 34.5 Å². The van der Waals surface area contributed by atoms with Gasteiger partial charge in [-0.15, -0.1) is 10.2 Å². The summed E-state index contributed by atoms with van der Waals surface area (Å²) in [5.74, 6) is -0.176. The molecule has 3 heterocycles. The van der Waals surface area contributed by atoms with Gasteiger partial charge in [-0.25, -0.2) is 8.42 Å². The molecule has 2 aromatic heterocycles. The van der Waals surface area contributed by atoms with Crippen LogP contribution in [0.2, 0.25) is 10.0 Å². The molecule has 1 aliphatic rings. The van der Waals surface area contributed by atoms with Gasteiger partial charge in [-0.3, -0.25) is 9.78 Å². The van der Waals surface area contributed by atoms with Crippen LogP contribution in [0.5, 0.6) is 0 Å². The van der Waals surface area contributed by atoms with Gasteiger partial charge in [-0.1, -0.05) is 46.7 Å². The summed E-state index contributed by atoms with van der Waals surface area (Å²) in [7, 11) is -0.387. The normalized spacial score (nSPS) is 14.7. The number of rotatable bonds is 5. The van der Waals surface area contributed by atoms with Crippen LogP contribution in [0.3, 0.4) is 0 Å². The molecule has 8 nitrogen and oxygen atoms in total. The zero-order valence-electron chi connectivity index (χ0n) is 17.7. The van der Waals surface area contributed by atoms with Crippen molar-refractivity contribution >= 4 is 56.0 Å². The molecule has 1 aliphatic heterocycles. The third-order valence-corrected chi connectivity index (χ3v) is 8.77. The minimum Gasteiger partial charge on any atom is -0.345 e. The monoisotopic (exact) mass is 523 g/mol. The first-order chi connectivity index (χ1) is 15.7. The maximum absolute atomic E-state index is 12.9. The Hall–Kier alpha value is -2.37. The fraction of sp³-hybridized carbons (Fsp3) is 0.238. The van der Waals surface area contributed by atoms with E-state index in [4.69, 9.17) is 23.2 Å². The number of benzene rings is 1. The predicted molar refractivity (Wildman–Crippen MR) is 129 cm³/mol. The number of carbonyl (C=O) groups is 1. The summed E-state index contributed by atoms with van der Waals surface area (Å²) in [5.41, 5.74) is 2.10. The number of carbonyl (C=O) groups excluding carboxylic acids is 1. The number of sulfonamides is 1. The topological polar surface area (TPSA) is 96.4 Å². The Labute approximate surface area is 205 Å². The molecule has 0 N–H and O–H groups in total. The fourth-order valence-corrected chi connectivity index (χ4v) is 6.30. The Morgan fingerprint density at radius 2 is 1.88 bits per heavy atom. The molecule has 0 saturated heterocycles. The first kappa shape index (κ1) is 23.8. The molecule has 1 amide bonds. The molecule has 0 atom stereocenters. The summed E-state index contributed by atoms with van der Waals surface area (Å²) in [5, 5.41) is 10.3. The zero-order chi connectivity index (χ0) is 23.8. The van der Waals surface area contributed by atoms with Crippen LogP contribution in [-0.4, -0.2) is 65.9 Å². The van der Waals surface area contributed by atoms with E-state index in [1.54, 1.807) is 32.3 Å². The molecule has 172 valence electrons. The molecule has 0 fully saturated rings. The lowest BCUT2D eigenvalue weighted by atomic mass is 10.1. The van der Waals surface area contributed by atoms with E-state index in [0.29, 0.717) is 33.6 Å². The molecule has 1 aromatic carbocycles. The van der Waals surface area contributed by atoms with E-state index in [2.05, 4.69) is 15.2 Å². The SMILES string of the molecule is CN(C)C(=O)c1ccc(-c2nnc(C3=CCN(S(=O)(=O)c4ccncc4Cl)CC3)s2)cc1Cl. The predicted octanol–water partition coefficient (Wildman–Crippen LogP) is 4.09. The van der Waals surface area contributed by atoms with Gasteiger partial charge in [0.2, 0.25) is 10.0 Å². The number of pyridine rings is 1. The summed E-state index contributed by atoms with van der Waals surface area (Å²) in [4.78, 5) is 17.5. The highest BCUT2D eigenvalue weighted by Crippen LogP contribution is 2.33. The van der Waals surface area contributed by atoms with Gasteiger partial charge in [-0.2, -0.15) is 4.31 Å². The minimum atomic E-state index is -3.72. The van der Waals surface area contributed by atoms with E-state index >= 15 is 0 Å². The minimum absolute atomic E-state index is 0.0438. The van der Waals surface area contributed by atoms with Crippen LogP contribution in [0.15, 0.2) is 47.6 Å². The van der Waals surface area contributed by atoms with E-state index in [0.717, 1.165) is 11.1 Å². The Morgan fingerprint density at radius 1 is 1.12 bits per heavy atom. The summed E-state index contributed by atoms with van der Waals surface area (Å²) < 4.78 is 27.2. The maximum Gasteiger partial charge on any atom is 0.254 e. The molecule has 0 saturated carbocycles. The molecule has 4 rings (SSSR count). The molecular weight excluding hydrogens is 505 g/mol. The number of amides is 1. The molecule has 0 spiro atoms. The van der Waals surface area contributed by atoms with Crippen molar-refractivity contribution in [3.63, 3.8) is 0 Å². The lowest BCUT2D eigenvalue weighted by molar-refractivity contribution is 0.0828. The van der Waals surface area contributed by atoms with E-state index < -0.39 is 10.0 Å². The van der Waals surface area contributed by atoms with Gasteiger partial charge in [0.05, 0.1) is 15.6 Å². The van der Waals surface area contributed by atoms with E-state index in [9.17, 15) is 13.2 Å². The zero-order valence-corrected chi connectivity index (χ0v) is 20.8. The maximum atomic E-state index is 12.9. The van der Waals surface area contributed by atoms with Crippen molar-refractivity contribution in [2.45, 2.75) is 11.3 Å². The summed E-state index contributed by atoms with van der Waals surface area (Å²) in [6.07, 6.45) is 5.05. The highest BCUT2D eigenvalue weighted by molar-refractivity contribution is 7.89. The molecule has 33 heavy (non-hydrogen) atoms. The van der Waals surface area contributed by atoms with Crippen LogP contribution < -0.4 is 0 Å². The average Bonchev–Trinajstić information content (AvgIpc) is 3.29. The van der Waals surface area contributed by atoms with Gasteiger partial charge in [0.25, 0.3) is 5.91 Å². The second-order valence-electron chi connectivity index (χ2n) is 7.46. The summed E-state index contributed by atoms with van der Waals surface area (Å²) in [6, 6.07) is 6.56. The smallest absolute Gasteiger partial charge is 0.254 e. The highest BCUT2D eigenvalue weighted by atomic mass is 35.5. The number of halogens is 2. The number of nitrogens with zero attached hydrogens (tertiary/aromatic N) is 5.